The molecule has 2 heterocycles. The van der Waals surface area contributed by atoms with Crippen LogP contribution in [0.15, 0.2) is 18.5 Å². The molecule has 0 unspecified atom stereocenters. The summed E-state index contributed by atoms with van der Waals surface area (Å²) in [6, 6.07) is 1.64. The molecule has 0 saturated heterocycles. The summed E-state index contributed by atoms with van der Waals surface area (Å²) in [5.74, 6) is 0.0977. The van der Waals surface area contributed by atoms with Crippen molar-refractivity contribution in [3.05, 3.63) is 24.2 Å². The molecule has 0 aliphatic heterocycles. The summed E-state index contributed by atoms with van der Waals surface area (Å²) < 4.78 is 11.7. The normalized spacial score (nSPS) is 10.7. The molecule has 8 nitrogen and oxygen atoms in total. The first-order valence-electron chi connectivity index (χ1n) is 6.53. The Kier molecular flexibility index (Phi) is 4.36. The summed E-state index contributed by atoms with van der Waals surface area (Å²) in [7, 11) is 0. The van der Waals surface area contributed by atoms with E-state index < -0.39 is 5.97 Å². The van der Waals surface area contributed by atoms with Crippen LogP contribution >= 0.6 is 0 Å². The highest BCUT2D eigenvalue weighted by Crippen LogP contribution is 2.15. The monoisotopic (exact) mass is 291 g/mol. The van der Waals surface area contributed by atoms with Gasteiger partial charge in [0, 0.05) is 12.3 Å². The van der Waals surface area contributed by atoms with E-state index >= 15 is 0 Å². The zero-order valence-corrected chi connectivity index (χ0v) is 12.1. The van der Waals surface area contributed by atoms with E-state index in [0.717, 1.165) is 0 Å². The molecule has 0 aliphatic rings. The molecular weight excluding hydrogens is 274 g/mol. The van der Waals surface area contributed by atoms with Crippen LogP contribution in [0.1, 0.15) is 31.3 Å². The lowest BCUT2D eigenvalue weighted by Crippen LogP contribution is -2.11. The second-order valence-electron chi connectivity index (χ2n) is 4.46. The van der Waals surface area contributed by atoms with Gasteiger partial charge in [0.25, 0.3) is 5.95 Å². The minimum Gasteiger partial charge on any atom is -0.475 e. The van der Waals surface area contributed by atoms with E-state index in [0.29, 0.717) is 5.88 Å². The lowest BCUT2D eigenvalue weighted by atomic mass is 10.4. The van der Waals surface area contributed by atoms with Gasteiger partial charge in [-0.25, -0.2) is 14.5 Å². The Morgan fingerprint density at radius 3 is 2.90 bits per heavy atom. The van der Waals surface area contributed by atoms with Gasteiger partial charge < -0.3 is 15.2 Å². The Balaban J connectivity index is 2.30. The Labute approximate surface area is 121 Å². The molecule has 0 spiro atoms. The lowest BCUT2D eigenvalue weighted by molar-refractivity contribution is 0.0520. The number of nitrogens with zero attached hydrogens (tertiary/aromatic N) is 4. The molecule has 0 atom stereocenters. The highest BCUT2D eigenvalue weighted by Gasteiger charge is 2.17. The van der Waals surface area contributed by atoms with E-state index in [-0.39, 0.29) is 30.0 Å². The van der Waals surface area contributed by atoms with Crippen LogP contribution in [-0.4, -0.2) is 38.4 Å². The van der Waals surface area contributed by atoms with Gasteiger partial charge in [-0.05, 0) is 20.8 Å². The molecule has 112 valence electrons. The Morgan fingerprint density at radius 2 is 2.24 bits per heavy atom. The Morgan fingerprint density at radius 1 is 1.48 bits per heavy atom. The summed E-state index contributed by atoms with van der Waals surface area (Å²) >= 11 is 0. The average molecular weight is 291 g/mol. The smallest absolute Gasteiger partial charge is 0.361 e. The molecule has 0 radical (unpaired) electrons. The minimum atomic E-state index is -0.580. The summed E-state index contributed by atoms with van der Waals surface area (Å²) in [5, 5.41) is 4.06. The second kappa shape index (κ2) is 6.21. The van der Waals surface area contributed by atoms with Crippen molar-refractivity contribution in [2.45, 2.75) is 26.9 Å². The summed E-state index contributed by atoms with van der Waals surface area (Å²) in [6.45, 7) is 5.75. The molecule has 8 heteroatoms. The third kappa shape index (κ3) is 3.47. The molecular formula is C13H17N5O3. The first-order chi connectivity index (χ1) is 10.0. The van der Waals surface area contributed by atoms with Crippen LogP contribution in [0.3, 0.4) is 0 Å². The summed E-state index contributed by atoms with van der Waals surface area (Å²) in [4.78, 5) is 20.0. The van der Waals surface area contributed by atoms with Crippen LogP contribution in [0.5, 0.6) is 5.88 Å². The van der Waals surface area contributed by atoms with Crippen LogP contribution in [0.2, 0.25) is 0 Å². The molecule has 0 amide bonds. The van der Waals surface area contributed by atoms with Crippen LogP contribution in [0.25, 0.3) is 5.95 Å². The number of nitrogens with two attached hydrogens (primary N) is 1. The van der Waals surface area contributed by atoms with E-state index in [2.05, 4.69) is 15.1 Å². The lowest BCUT2D eigenvalue weighted by Gasteiger charge is -2.08. The van der Waals surface area contributed by atoms with Crippen molar-refractivity contribution in [1.29, 1.82) is 0 Å². The third-order valence-electron chi connectivity index (χ3n) is 2.39. The second-order valence-corrected chi connectivity index (χ2v) is 4.46. The number of carbonyl (C=O) groups is 1. The molecule has 2 rings (SSSR count). The van der Waals surface area contributed by atoms with Crippen LogP contribution in [0.4, 0.5) is 5.69 Å². The quantitative estimate of drug-likeness (QED) is 0.825. The van der Waals surface area contributed by atoms with Gasteiger partial charge in [-0.1, -0.05) is 0 Å². The molecule has 0 saturated carbocycles. The topological polar surface area (TPSA) is 105 Å². The van der Waals surface area contributed by atoms with Crippen LogP contribution in [-0.2, 0) is 4.74 Å². The van der Waals surface area contributed by atoms with Crippen molar-refractivity contribution in [3.63, 3.8) is 0 Å². The van der Waals surface area contributed by atoms with Crippen LogP contribution in [0, 0.1) is 0 Å². The predicted molar refractivity (Wildman–Crippen MR) is 75.3 cm³/mol. The zero-order valence-electron chi connectivity index (χ0n) is 12.1. The number of hydrogen-bond donors (Lipinski definition) is 1. The molecule has 0 fully saturated rings. The molecule has 2 aromatic heterocycles. The largest absolute Gasteiger partial charge is 0.475 e. The Hall–Kier alpha value is -2.64. The molecule has 2 aromatic rings. The van der Waals surface area contributed by atoms with E-state index in [4.69, 9.17) is 15.2 Å². The molecule has 0 bridgehead atoms. The van der Waals surface area contributed by atoms with Gasteiger partial charge in [-0.15, -0.1) is 0 Å². The van der Waals surface area contributed by atoms with Crippen molar-refractivity contribution >= 4 is 11.7 Å². The number of anilines is 1. The first kappa shape index (κ1) is 14.8. The van der Waals surface area contributed by atoms with E-state index in [1.165, 1.54) is 10.9 Å². The minimum absolute atomic E-state index is 0.00876. The standard InChI is InChI=1S/C13H17N5O3/c1-4-20-12(19)11-9(14)7-18(17-11)13-15-6-5-10(16-13)21-8(2)3/h5-8H,4,14H2,1-3H3. The molecule has 0 aromatic carbocycles. The van der Waals surface area contributed by atoms with Gasteiger partial charge in [0.2, 0.25) is 5.88 Å². The van der Waals surface area contributed by atoms with Crippen molar-refractivity contribution in [2.75, 3.05) is 12.3 Å². The number of rotatable bonds is 5. The van der Waals surface area contributed by atoms with Gasteiger partial charge in [0.1, 0.15) is 0 Å². The number of nitrogen functional groups attached to an aromatic ring is 1. The van der Waals surface area contributed by atoms with E-state index in [1.54, 1.807) is 19.2 Å². The van der Waals surface area contributed by atoms with Gasteiger partial charge in [0.05, 0.1) is 24.6 Å². The number of esters is 1. The van der Waals surface area contributed by atoms with Gasteiger partial charge >= 0.3 is 5.97 Å². The third-order valence-corrected chi connectivity index (χ3v) is 2.39. The van der Waals surface area contributed by atoms with Crippen molar-refractivity contribution in [1.82, 2.24) is 19.7 Å². The summed E-state index contributed by atoms with van der Waals surface area (Å²) in [6.07, 6.45) is 2.99. The van der Waals surface area contributed by atoms with Crippen molar-refractivity contribution < 1.29 is 14.3 Å². The van der Waals surface area contributed by atoms with Crippen LogP contribution < -0.4 is 10.5 Å². The molecule has 2 N–H and O–H groups in total. The fourth-order valence-corrected chi connectivity index (χ4v) is 1.60. The number of carbonyl (C=O) groups excluding carboxylic acids is 1. The maximum atomic E-state index is 11.7. The molecule has 21 heavy (non-hydrogen) atoms. The van der Waals surface area contributed by atoms with Crippen molar-refractivity contribution in [3.8, 4) is 11.8 Å². The first-order valence-corrected chi connectivity index (χ1v) is 6.53. The van der Waals surface area contributed by atoms with Gasteiger partial charge in [0.15, 0.2) is 5.69 Å². The van der Waals surface area contributed by atoms with Gasteiger partial charge in [-0.2, -0.15) is 10.1 Å². The Bertz CT molecular complexity index is 638. The number of ether oxygens (including phenoxy) is 2. The number of hydrogen-bond acceptors (Lipinski definition) is 7. The van der Waals surface area contributed by atoms with E-state index in [1.807, 2.05) is 13.8 Å². The molecule has 0 aliphatic carbocycles. The number of aromatic nitrogens is 4. The zero-order chi connectivity index (χ0) is 15.4. The highest BCUT2D eigenvalue weighted by molar-refractivity contribution is 5.92. The maximum Gasteiger partial charge on any atom is 0.361 e. The fraction of sp³-hybridized carbons (Fsp3) is 0.385. The predicted octanol–water partition coefficient (Wildman–Crippen LogP) is 1.21. The van der Waals surface area contributed by atoms with Gasteiger partial charge in [-0.3, -0.25) is 0 Å². The highest BCUT2D eigenvalue weighted by atomic mass is 16.5. The maximum absolute atomic E-state index is 11.7. The van der Waals surface area contributed by atoms with Crippen molar-refractivity contribution in [2.24, 2.45) is 0 Å². The van der Waals surface area contributed by atoms with E-state index in [9.17, 15) is 4.79 Å². The fourth-order valence-electron chi connectivity index (χ4n) is 1.60. The average Bonchev–Trinajstić information content (AvgIpc) is 2.81. The summed E-state index contributed by atoms with van der Waals surface area (Å²) in [5.41, 5.74) is 6.00. The SMILES string of the molecule is CCOC(=O)c1nn(-c2nccc(OC(C)C)n2)cc1N.